The van der Waals surface area contributed by atoms with Gasteiger partial charge in [-0.2, -0.15) is 5.10 Å². The number of halogens is 2. The molecule has 0 atom stereocenters. The number of rotatable bonds is 11. The maximum Gasteiger partial charge on any atom is 0.329 e. The van der Waals surface area contributed by atoms with Crippen molar-refractivity contribution in [1.82, 2.24) is 10.7 Å². The Bertz CT molecular complexity index is 1030. The molecular formula is C23H26Cl2N4O5. The van der Waals surface area contributed by atoms with Gasteiger partial charge in [0.15, 0.2) is 6.61 Å². The molecule has 2 rings (SSSR count). The summed E-state index contributed by atoms with van der Waals surface area (Å²) < 4.78 is 10.9. The molecule has 0 fully saturated rings. The number of hydrogen-bond donors (Lipinski definition) is 3. The van der Waals surface area contributed by atoms with Gasteiger partial charge >= 0.3 is 11.8 Å². The first-order valence-corrected chi connectivity index (χ1v) is 11.2. The number of nitrogens with one attached hydrogen (secondary N) is 3. The molecule has 182 valence electrons. The minimum absolute atomic E-state index is 0.108. The Morgan fingerprint density at radius 2 is 1.85 bits per heavy atom. The second-order valence-corrected chi connectivity index (χ2v) is 8.07. The molecule has 9 nitrogen and oxygen atoms in total. The first-order valence-electron chi connectivity index (χ1n) is 10.5. The summed E-state index contributed by atoms with van der Waals surface area (Å²) in [5.74, 6) is -1.78. The highest BCUT2D eigenvalue weighted by Crippen LogP contribution is 2.25. The summed E-state index contributed by atoms with van der Waals surface area (Å²) in [7, 11) is 0. The molecule has 0 aromatic heterocycles. The molecule has 11 heteroatoms. The average molecular weight is 509 g/mol. The third-order valence-corrected chi connectivity index (χ3v) is 4.66. The molecule has 2 aromatic carbocycles. The van der Waals surface area contributed by atoms with Crippen LogP contribution in [0.25, 0.3) is 0 Å². The van der Waals surface area contributed by atoms with Gasteiger partial charge in [0, 0.05) is 23.7 Å². The summed E-state index contributed by atoms with van der Waals surface area (Å²) in [6, 6.07) is 11.5. The van der Waals surface area contributed by atoms with E-state index < -0.39 is 17.7 Å². The fourth-order valence-corrected chi connectivity index (χ4v) is 2.98. The SMILES string of the molecule is CC(C)OCCCNC(=O)C(=O)N/N=C\c1ccccc1OCC(=O)Nc1ccc(Cl)cc1Cl. The van der Waals surface area contributed by atoms with Crippen LogP contribution < -0.4 is 20.8 Å². The molecule has 0 unspecified atom stereocenters. The predicted octanol–water partition coefficient (Wildman–Crippen LogP) is 3.39. The number of ether oxygens (including phenoxy) is 2. The van der Waals surface area contributed by atoms with E-state index in [0.717, 1.165) is 0 Å². The molecule has 0 saturated heterocycles. The maximum atomic E-state index is 12.2. The first kappa shape index (κ1) is 27.1. The second-order valence-electron chi connectivity index (χ2n) is 7.23. The van der Waals surface area contributed by atoms with Crippen LogP contribution in [0.15, 0.2) is 47.6 Å². The zero-order valence-corrected chi connectivity index (χ0v) is 20.3. The van der Waals surface area contributed by atoms with E-state index in [4.69, 9.17) is 32.7 Å². The lowest BCUT2D eigenvalue weighted by Crippen LogP contribution is -2.38. The quantitative estimate of drug-likeness (QED) is 0.186. The molecule has 0 aliphatic rings. The molecule has 0 bridgehead atoms. The van der Waals surface area contributed by atoms with Gasteiger partial charge in [0.1, 0.15) is 5.75 Å². The molecule has 0 heterocycles. The largest absolute Gasteiger partial charge is 0.483 e. The monoisotopic (exact) mass is 508 g/mol. The normalized spacial score (nSPS) is 10.9. The highest BCUT2D eigenvalue weighted by atomic mass is 35.5. The van der Waals surface area contributed by atoms with E-state index in [-0.39, 0.29) is 12.7 Å². The van der Waals surface area contributed by atoms with E-state index in [0.29, 0.717) is 46.6 Å². The van der Waals surface area contributed by atoms with Gasteiger partial charge in [-0.3, -0.25) is 14.4 Å². The lowest BCUT2D eigenvalue weighted by molar-refractivity contribution is -0.139. The zero-order chi connectivity index (χ0) is 24.9. The van der Waals surface area contributed by atoms with Crippen molar-refractivity contribution in [2.24, 2.45) is 5.10 Å². The standard InChI is InChI=1S/C23H26Cl2N4O5/c1-15(2)33-11-5-10-26-22(31)23(32)29-27-13-16-6-3-4-7-20(16)34-14-21(30)28-19-9-8-17(24)12-18(19)25/h3-4,6-9,12-13,15H,5,10-11,14H2,1-2H3,(H,26,31)(H,28,30)(H,29,32)/b27-13-. The van der Waals surface area contributed by atoms with Gasteiger partial charge in [-0.05, 0) is 50.6 Å². The van der Waals surface area contributed by atoms with Crippen molar-refractivity contribution in [2.45, 2.75) is 26.4 Å². The maximum absolute atomic E-state index is 12.2. The van der Waals surface area contributed by atoms with Gasteiger partial charge < -0.3 is 20.1 Å². The predicted molar refractivity (Wildman–Crippen MR) is 131 cm³/mol. The smallest absolute Gasteiger partial charge is 0.329 e. The topological polar surface area (TPSA) is 118 Å². The summed E-state index contributed by atoms with van der Waals surface area (Å²) in [5.41, 5.74) is 3.05. The van der Waals surface area contributed by atoms with E-state index in [1.165, 1.54) is 12.3 Å². The van der Waals surface area contributed by atoms with Crippen molar-refractivity contribution < 1.29 is 23.9 Å². The van der Waals surface area contributed by atoms with Gasteiger partial charge in [0.2, 0.25) is 0 Å². The van der Waals surface area contributed by atoms with Crippen LogP contribution in [0.2, 0.25) is 10.0 Å². The van der Waals surface area contributed by atoms with E-state index in [1.807, 2.05) is 13.8 Å². The van der Waals surface area contributed by atoms with Gasteiger partial charge in [0.25, 0.3) is 5.91 Å². The molecule has 34 heavy (non-hydrogen) atoms. The van der Waals surface area contributed by atoms with Crippen molar-refractivity contribution >= 4 is 52.8 Å². The average Bonchev–Trinajstić information content (AvgIpc) is 2.79. The van der Waals surface area contributed by atoms with Crippen LogP contribution in [0.3, 0.4) is 0 Å². The molecule has 0 saturated carbocycles. The fourth-order valence-electron chi connectivity index (χ4n) is 2.52. The van der Waals surface area contributed by atoms with Crippen LogP contribution in [0.4, 0.5) is 5.69 Å². The zero-order valence-electron chi connectivity index (χ0n) is 18.8. The lowest BCUT2D eigenvalue weighted by atomic mass is 10.2. The van der Waals surface area contributed by atoms with Crippen LogP contribution in [-0.4, -0.2) is 49.8 Å². The molecule has 2 aromatic rings. The summed E-state index contributed by atoms with van der Waals surface area (Å²) in [5, 5.41) is 9.66. The second kappa shape index (κ2) is 14.2. The van der Waals surface area contributed by atoms with Crippen molar-refractivity contribution in [1.29, 1.82) is 0 Å². The number of amides is 3. The van der Waals surface area contributed by atoms with Gasteiger partial charge in [-0.25, -0.2) is 5.43 Å². The molecule has 3 N–H and O–H groups in total. The molecule has 0 spiro atoms. The number of hydrazone groups is 1. The van der Waals surface area contributed by atoms with E-state index in [1.54, 1.807) is 36.4 Å². The number of benzene rings is 2. The lowest BCUT2D eigenvalue weighted by Gasteiger charge is -2.10. The Morgan fingerprint density at radius 1 is 1.09 bits per heavy atom. The summed E-state index contributed by atoms with van der Waals surface area (Å²) in [6.07, 6.45) is 2.00. The molecular weight excluding hydrogens is 483 g/mol. The number of nitrogens with zero attached hydrogens (tertiary/aromatic N) is 1. The molecule has 0 aliphatic heterocycles. The minimum Gasteiger partial charge on any atom is -0.483 e. The van der Waals surface area contributed by atoms with Crippen molar-refractivity contribution in [3.63, 3.8) is 0 Å². The van der Waals surface area contributed by atoms with E-state index >= 15 is 0 Å². The Labute approximate surface area is 207 Å². The minimum atomic E-state index is -0.904. The van der Waals surface area contributed by atoms with Crippen molar-refractivity contribution in [3.8, 4) is 5.75 Å². The van der Waals surface area contributed by atoms with Crippen LogP contribution in [0.5, 0.6) is 5.75 Å². The molecule has 3 amide bonds. The summed E-state index contributed by atoms with van der Waals surface area (Å²) in [6.45, 7) is 4.33. The Hall–Kier alpha value is -3.14. The highest BCUT2D eigenvalue weighted by Gasteiger charge is 2.12. The van der Waals surface area contributed by atoms with Crippen molar-refractivity contribution in [2.75, 3.05) is 25.1 Å². The highest BCUT2D eigenvalue weighted by molar-refractivity contribution is 6.36. The van der Waals surface area contributed by atoms with Crippen LogP contribution in [-0.2, 0) is 19.1 Å². The number of para-hydroxylation sites is 1. The van der Waals surface area contributed by atoms with E-state index in [9.17, 15) is 14.4 Å². The summed E-state index contributed by atoms with van der Waals surface area (Å²) in [4.78, 5) is 35.9. The van der Waals surface area contributed by atoms with Crippen molar-refractivity contribution in [3.05, 3.63) is 58.1 Å². The van der Waals surface area contributed by atoms with Gasteiger partial charge in [-0.1, -0.05) is 35.3 Å². The fraction of sp³-hybridized carbons (Fsp3) is 0.304. The van der Waals surface area contributed by atoms with Gasteiger partial charge in [0.05, 0.1) is 23.0 Å². The Morgan fingerprint density at radius 3 is 2.59 bits per heavy atom. The Balaban J connectivity index is 1.82. The van der Waals surface area contributed by atoms with Crippen LogP contribution >= 0.6 is 23.2 Å². The molecule has 0 radical (unpaired) electrons. The molecule has 0 aliphatic carbocycles. The number of anilines is 1. The van der Waals surface area contributed by atoms with Crippen LogP contribution in [0.1, 0.15) is 25.8 Å². The first-order chi connectivity index (χ1) is 16.3. The number of carbonyl (C=O) groups excluding carboxylic acids is 3. The number of carbonyl (C=O) groups is 3. The summed E-state index contributed by atoms with van der Waals surface area (Å²) >= 11 is 11.9. The third-order valence-electron chi connectivity index (χ3n) is 4.12. The van der Waals surface area contributed by atoms with Gasteiger partial charge in [-0.15, -0.1) is 0 Å². The van der Waals surface area contributed by atoms with E-state index in [2.05, 4.69) is 21.2 Å². The Kier molecular flexibility index (Phi) is 11.3. The number of hydrogen-bond acceptors (Lipinski definition) is 6. The third kappa shape index (κ3) is 9.78. The van der Waals surface area contributed by atoms with Crippen LogP contribution in [0, 0.1) is 0 Å².